The van der Waals surface area contributed by atoms with E-state index in [1.807, 2.05) is 48.7 Å². The molecule has 2 unspecified atom stereocenters. The predicted molar refractivity (Wildman–Crippen MR) is 149 cm³/mol. The van der Waals surface area contributed by atoms with Gasteiger partial charge in [0.2, 0.25) is 11.8 Å². The van der Waals surface area contributed by atoms with Crippen molar-refractivity contribution >= 4 is 11.8 Å². The van der Waals surface area contributed by atoms with Gasteiger partial charge in [0.1, 0.15) is 0 Å². The van der Waals surface area contributed by atoms with Gasteiger partial charge in [-0.2, -0.15) is 5.26 Å². The Bertz CT molecular complexity index is 1290. The van der Waals surface area contributed by atoms with E-state index >= 15 is 0 Å². The van der Waals surface area contributed by atoms with Crippen LogP contribution in [0.3, 0.4) is 0 Å². The predicted octanol–water partition coefficient (Wildman–Crippen LogP) is 2.92. The van der Waals surface area contributed by atoms with Crippen LogP contribution in [0.2, 0.25) is 0 Å². The first kappa shape index (κ1) is 26.6. The average molecular weight is 525 g/mol. The van der Waals surface area contributed by atoms with Crippen LogP contribution in [0.25, 0.3) is 0 Å². The summed E-state index contributed by atoms with van der Waals surface area (Å²) in [6.45, 7) is 3.37. The minimum Gasteiger partial charge on any atom is -0.355 e. The molecule has 1 aliphatic carbocycles. The summed E-state index contributed by atoms with van der Waals surface area (Å²) in [6.07, 6.45) is 7.89. The number of carbonyl (C=O) groups is 2. The lowest BCUT2D eigenvalue weighted by atomic mass is 9.87. The summed E-state index contributed by atoms with van der Waals surface area (Å²) >= 11 is 0. The van der Waals surface area contributed by atoms with Gasteiger partial charge in [0.05, 0.1) is 29.8 Å². The highest BCUT2D eigenvalue weighted by Gasteiger charge is 2.36. The number of nitrogens with one attached hydrogen (secondary N) is 2. The van der Waals surface area contributed by atoms with Crippen molar-refractivity contribution < 1.29 is 9.59 Å². The molecule has 2 fully saturated rings. The molecule has 0 spiro atoms. The maximum absolute atomic E-state index is 13.3. The van der Waals surface area contributed by atoms with Gasteiger partial charge in [-0.05, 0) is 48.9 Å². The van der Waals surface area contributed by atoms with Gasteiger partial charge in [-0.25, -0.2) is 4.98 Å². The molecule has 1 saturated heterocycles. The van der Waals surface area contributed by atoms with Crippen molar-refractivity contribution in [2.75, 3.05) is 26.2 Å². The van der Waals surface area contributed by atoms with Crippen molar-refractivity contribution in [3.05, 3.63) is 89.5 Å². The van der Waals surface area contributed by atoms with E-state index in [2.05, 4.69) is 43.3 Å². The smallest absolute Gasteiger partial charge is 0.224 e. The van der Waals surface area contributed by atoms with Crippen molar-refractivity contribution in [1.82, 2.24) is 25.1 Å². The summed E-state index contributed by atoms with van der Waals surface area (Å²) in [5.41, 5.74) is 4.03. The van der Waals surface area contributed by atoms with Gasteiger partial charge in [-0.1, -0.05) is 42.5 Å². The molecule has 2 heterocycles. The molecular weight excluding hydrogens is 488 g/mol. The summed E-state index contributed by atoms with van der Waals surface area (Å²) in [5.74, 6) is -0.277. The number of amides is 2. The fourth-order valence-corrected chi connectivity index (χ4v) is 5.27. The van der Waals surface area contributed by atoms with Gasteiger partial charge in [0.25, 0.3) is 0 Å². The van der Waals surface area contributed by atoms with Gasteiger partial charge >= 0.3 is 0 Å². The Hall–Kier alpha value is -3.96. The molecule has 8 nitrogen and oxygen atoms in total. The van der Waals surface area contributed by atoms with Crippen LogP contribution in [0.4, 0.5) is 0 Å². The molecule has 8 heteroatoms. The van der Waals surface area contributed by atoms with E-state index in [4.69, 9.17) is 5.26 Å². The highest BCUT2D eigenvalue weighted by Crippen LogP contribution is 2.25. The quantitative estimate of drug-likeness (QED) is 0.402. The van der Waals surface area contributed by atoms with Crippen molar-refractivity contribution in [3.8, 4) is 6.07 Å². The first-order chi connectivity index (χ1) is 19.1. The molecule has 39 heavy (non-hydrogen) atoms. The summed E-state index contributed by atoms with van der Waals surface area (Å²) in [7, 11) is 0. The van der Waals surface area contributed by atoms with E-state index in [9.17, 15) is 9.59 Å². The van der Waals surface area contributed by atoms with Gasteiger partial charge in [-0.3, -0.25) is 9.59 Å². The highest BCUT2D eigenvalue weighted by atomic mass is 16.2. The number of benzene rings is 2. The number of hydrogen-bond donors (Lipinski definition) is 2. The van der Waals surface area contributed by atoms with Crippen LogP contribution in [0.5, 0.6) is 0 Å². The summed E-state index contributed by atoms with van der Waals surface area (Å²) < 4.78 is 2.07. The van der Waals surface area contributed by atoms with E-state index in [1.165, 1.54) is 5.56 Å². The summed E-state index contributed by atoms with van der Waals surface area (Å²) in [5, 5.41) is 15.3. The lowest BCUT2D eigenvalue weighted by molar-refractivity contribution is -0.132. The number of likely N-dealkylation sites (tertiary alicyclic amines) is 1. The number of nitrogens with zero attached hydrogens (tertiary/aromatic N) is 4. The van der Waals surface area contributed by atoms with Crippen LogP contribution in [-0.2, 0) is 29.0 Å². The first-order valence-corrected chi connectivity index (χ1v) is 13.9. The van der Waals surface area contributed by atoms with Gasteiger partial charge < -0.3 is 20.1 Å². The van der Waals surface area contributed by atoms with Gasteiger partial charge in [0, 0.05) is 57.1 Å². The average Bonchev–Trinajstić information content (AvgIpc) is 3.69. The number of carbonyl (C=O) groups excluding carboxylic acids is 2. The van der Waals surface area contributed by atoms with Crippen molar-refractivity contribution in [1.29, 1.82) is 5.26 Å². The minimum atomic E-state index is -0.215. The maximum atomic E-state index is 13.3. The number of aromatic nitrogens is 2. The molecule has 0 bridgehead atoms. The topological polar surface area (TPSA) is 103 Å². The second kappa shape index (κ2) is 12.7. The zero-order valence-electron chi connectivity index (χ0n) is 22.3. The maximum Gasteiger partial charge on any atom is 0.224 e. The Morgan fingerprint density at radius 1 is 0.949 bits per heavy atom. The second-order valence-corrected chi connectivity index (χ2v) is 10.8. The van der Waals surface area contributed by atoms with Crippen LogP contribution in [0.1, 0.15) is 41.6 Å². The Balaban J connectivity index is 1.15. The van der Waals surface area contributed by atoms with E-state index < -0.39 is 0 Å². The standard InChI is InChI=1S/C31H36N6O2/c32-17-24-6-8-25(9-7-24)19-37-22-33-18-29(37)12-14-34-30(38)26-16-27(31(39)35-28-10-11-28)21-36(20-26)15-13-23-4-2-1-3-5-23/h1-9,18,22,26-28H,10-16,19-21H2,(H,34,38)(H,35,39). The molecule has 2 aliphatic rings. The molecule has 202 valence electrons. The van der Waals surface area contributed by atoms with Gasteiger partial charge in [-0.15, -0.1) is 0 Å². The largest absolute Gasteiger partial charge is 0.355 e. The second-order valence-electron chi connectivity index (χ2n) is 10.8. The van der Waals surface area contributed by atoms with Crippen LogP contribution < -0.4 is 10.6 Å². The monoisotopic (exact) mass is 524 g/mol. The Morgan fingerprint density at radius 2 is 1.69 bits per heavy atom. The third-order valence-electron chi connectivity index (χ3n) is 7.67. The van der Waals surface area contributed by atoms with Crippen LogP contribution in [0.15, 0.2) is 67.1 Å². The minimum absolute atomic E-state index is 0.0155. The van der Waals surface area contributed by atoms with Crippen LogP contribution in [-0.4, -0.2) is 58.5 Å². The van der Waals surface area contributed by atoms with Crippen molar-refractivity contribution in [2.24, 2.45) is 11.8 Å². The molecule has 5 rings (SSSR count). The molecule has 2 amide bonds. The molecule has 1 aliphatic heterocycles. The number of imidazole rings is 1. The molecule has 1 saturated carbocycles. The molecule has 1 aromatic heterocycles. The van der Waals surface area contributed by atoms with Crippen LogP contribution in [0, 0.1) is 23.2 Å². The SMILES string of the molecule is N#Cc1ccc(Cn2cncc2CCNC(=O)C2CC(C(=O)NC3CC3)CN(CCc3ccccc3)C2)cc1. The van der Waals surface area contributed by atoms with Crippen LogP contribution >= 0.6 is 0 Å². The number of nitriles is 1. The molecule has 2 N–H and O–H groups in total. The van der Waals surface area contributed by atoms with E-state index in [1.54, 1.807) is 6.33 Å². The fraction of sp³-hybridized carbons (Fsp3) is 0.419. The van der Waals surface area contributed by atoms with Gasteiger partial charge in [0.15, 0.2) is 0 Å². The highest BCUT2D eigenvalue weighted by molar-refractivity contribution is 5.83. The number of hydrogen-bond acceptors (Lipinski definition) is 5. The van der Waals surface area contributed by atoms with Crippen molar-refractivity contribution in [2.45, 2.75) is 44.7 Å². The third kappa shape index (κ3) is 7.55. The summed E-state index contributed by atoms with van der Waals surface area (Å²) in [6, 6.07) is 20.3. The molecule has 2 atom stereocenters. The van der Waals surface area contributed by atoms with E-state index in [0.717, 1.165) is 37.1 Å². The zero-order valence-corrected chi connectivity index (χ0v) is 22.3. The Labute approximate surface area is 230 Å². The normalized spacial score (nSPS) is 19.3. The van der Waals surface area contributed by atoms with E-state index in [-0.39, 0.29) is 23.7 Å². The molecule has 0 radical (unpaired) electrons. The lowest BCUT2D eigenvalue weighted by Gasteiger charge is -2.36. The fourth-order valence-electron chi connectivity index (χ4n) is 5.27. The molecular formula is C31H36N6O2. The Morgan fingerprint density at radius 3 is 2.41 bits per heavy atom. The zero-order chi connectivity index (χ0) is 27.0. The summed E-state index contributed by atoms with van der Waals surface area (Å²) in [4.78, 5) is 32.8. The first-order valence-electron chi connectivity index (χ1n) is 13.9. The third-order valence-corrected chi connectivity index (χ3v) is 7.67. The Kier molecular flexibility index (Phi) is 8.69. The van der Waals surface area contributed by atoms with Crippen molar-refractivity contribution in [3.63, 3.8) is 0 Å². The lowest BCUT2D eigenvalue weighted by Crippen LogP contribution is -2.51. The van der Waals surface area contributed by atoms with E-state index in [0.29, 0.717) is 50.6 Å². The number of rotatable bonds is 11. The number of piperidine rings is 1. The molecule has 2 aromatic carbocycles. The molecule has 3 aromatic rings.